The molecule has 2 aliphatic heterocycles. The highest BCUT2D eigenvalue weighted by atomic mass is 16.5. The Balaban J connectivity index is 1.85. The fourth-order valence-corrected chi connectivity index (χ4v) is 2.65. The normalized spacial score (nSPS) is 26.1. The fourth-order valence-electron chi connectivity index (χ4n) is 2.65. The summed E-state index contributed by atoms with van der Waals surface area (Å²) in [7, 11) is 1.97. The second-order valence-electron chi connectivity index (χ2n) is 4.89. The van der Waals surface area contributed by atoms with Crippen molar-refractivity contribution in [3.8, 4) is 0 Å². The van der Waals surface area contributed by atoms with Crippen molar-refractivity contribution in [1.82, 2.24) is 15.1 Å². The smallest absolute Gasteiger partial charge is 0.320 e. The highest BCUT2D eigenvalue weighted by molar-refractivity contribution is 5.74. The molecule has 17 heavy (non-hydrogen) atoms. The molecule has 0 spiro atoms. The van der Waals surface area contributed by atoms with Gasteiger partial charge in [0.15, 0.2) is 0 Å². The standard InChI is InChI=1S/C12H23N3O2/c1-13-9-11-3-2-4-15(10-11)12(16)14-5-7-17-8-6-14/h11,13H,2-10H2,1H3. The molecule has 2 amide bonds. The molecule has 1 unspecified atom stereocenters. The van der Waals surface area contributed by atoms with Crippen molar-refractivity contribution < 1.29 is 9.53 Å². The maximum atomic E-state index is 12.3. The number of carbonyl (C=O) groups is 1. The molecule has 5 nitrogen and oxygen atoms in total. The van der Waals surface area contributed by atoms with E-state index >= 15 is 0 Å². The molecule has 0 bridgehead atoms. The predicted molar refractivity (Wildman–Crippen MR) is 66.0 cm³/mol. The predicted octanol–water partition coefficient (Wildman–Crippen LogP) is 0.370. The van der Waals surface area contributed by atoms with Gasteiger partial charge >= 0.3 is 6.03 Å². The molecular formula is C12H23N3O2. The summed E-state index contributed by atoms with van der Waals surface area (Å²) in [6.45, 7) is 5.66. The molecule has 2 heterocycles. The Morgan fingerprint density at radius 1 is 1.29 bits per heavy atom. The number of piperidine rings is 1. The van der Waals surface area contributed by atoms with Crippen LogP contribution in [0.25, 0.3) is 0 Å². The summed E-state index contributed by atoms with van der Waals surface area (Å²) in [5, 5.41) is 3.20. The van der Waals surface area contributed by atoms with E-state index in [0.29, 0.717) is 19.1 Å². The minimum atomic E-state index is 0.203. The minimum absolute atomic E-state index is 0.203. The zero-order chi connectivity index (χ0) is 12.1. The maximum absolute atomic E-state index is 12.3. The zero-order valence-electron chi connectivity index (χ0n) is 10.7. The SMILES string of the molecule is CNCC1CCCN(C(=O)N2CCOCC2)C1. The van der Waals surface area contributed by atoms with Crippen LogP contribution in [0.3, 0.4) is 0 Å². The molecule has 2 saturated heterocycles. The summed E-state index contributed by atoms with van der Waals surface area (Å²) in [5.74, 6) is 0.610. The zero-order valence-corrected chi connectivity index (χ0v) is 10.7. The van der Waals surface area contributed by atoms with Gasteiger partial charge in [-0.1, -0.05) is 0 Å². The van der Waals surface area contributed by atoms with E-state index in [1.807, 2.05) is 16.8 Å². The summed E-state index contributed by atoms with van der Waals surface area (Å²) < 4.78 is 5.27. The summed E-state index contributed by atoms with van der Waals surface area (Å²) in [5.41, 5.74) is 0. The van der Waals surface area contributed by atoms with E-state index in [2.05, 4.69) is 5.32 Å². The van der Waals surface area contributed by atoms with Crippen LogP contribution in [0.1, 0.15) is 12.8 Å². The molecular weight excluding hydrogens is 218 g/mol. The number of urea groups is 1. The lowest BCUT2D eigenvalue weighted by atomic mass is 9.98. The van der Waals surface area contributed by atoms with E-state index in [1.54, 1.807) is 0 Å². The molecule has 0 aromatic rings. The van der Waals surface area contributed by atoms with Gasteiger partial charge in [-0.25, -0.2) is 4.79 Å². The topological polar surface area (TPSA) is 44.8 Å². The number of nitrogens with zero attached hydrogens (tertiary/aromatic N) is 2. The van der Waals surface area contributed by atoms with Crippen LogP contribution >= 0.6 is 0 Å². The van der Waals surface area contributed by atoms with Crippen LogP contribution in [0, 0.1) is 5.92 Å². The Labute approximate surface area is 103 Å². The molecule has 0 radical (unpaired) electrons. The quantitative estimate of drug-likeness (QED) is 0.760. The maximum Gasteiger partial charge on any atom is 0.320 e. The van der Waals surface area contributed by atoms with Crippen LogP contribution < -0.4 is 5.32 Å². The average molecular weight is 241 g/mol. The number of amides is 2. The van der Waals surface area contributed by atoms with Gasteiger partial charge in [-0.2, -0.15) is 0 Å². The summed E-state index contributed by atoms with van der Waals surface area (Å²) in [6.07, 6.45) is 2.36. The van der Waals surface area contributed by atoms with Crippen LogP contribution in [0.15, 0.2) is 0 Å². The van der Waals surface area contributed by atoms with Crippen LogP contribution in [0.5, 0.6) is 0 Å². The van der Waals surface area contributed by atoms with Crippen molar-refractivity contribution >= 4 is 6.03 Å². The monoisotopic (exact) mass is 241 g/mol. The number of likely N-dealkylation sites (tertiary alicyclic amines) is 1. The van der Waals surface area contributed by atoms with E-state index in [0.717, 1.165) is 39.1 Å². The van der Waals surface area contributed by atoms with Crippen molar-refractivity contribution in [2.45, 2.75) is 12.8 Å². The molecule has 2 aliphatic rings. The highest BCUT2D eigenvalue weighted by Gasteiger charge is 2.27. The second-order valence-corrected chi connectivity index (χ2v) is 4.89. The van der Waals surface area contributed by atoms with Gasteiger partial charge in [0.2, 0.25) is 0 Å². The lowest BCUT2D eigenvalue weighted by molar-refractivity contribution is 0.0392. The first-order valence-corrected chi connectivity index (χ1v) is 6.57. The second kappa shape index (κ2) is 6.21. The van der Waals surface area contributed by atoms with Crippen molar-refractivity contribution in [3.05, 3.63) is 0 Å². The van der Waals surface area contributed by atoms with E-state index in [-0.39, 0.29) is 6.03 Å². The fraction of sp³-hybridized carbons (Fsp3) is 0.917. The molecule has 2 fully saturated rings. The molecule has 2 rings (SSSR count). The Morgan fingerprint density at radius 3 is 2.76 bits per heavy atom. The van der Waals surface area contributed by atoms with Gasteiger partial charge in [0, 0.05) is 26.2 Å². The molecule has 1 N–H and O–H groups in total. The first-order chi connectivity index (χ1) is 8.31. The van der Waals surface area contributed by atoms with Gasteiger partial charge in [-0.15, -0.1) is 0 Å². The van der Waals surface area contributed by atoms with Crippen LogP contribution in [-0.2, 0) is 4.74 Å². The van der Waals surface area contributed by atoms with E-state index in [1.165, 1.54) is 6.42 Å². The molecule has 0 aliphatic carbocycles. The number of hydrogen-bond donors (Lipinski definition) is 1. The van der Waals surface area contributed by atoms with Gasteiger partial charge in [0.25, 0.3) is 0 Å². The average Bonchev–Trinajstić information content (AvgIpc) is 2.40. The molecule has 1 atom stereocenters. The third-order valence-electron chi connectivity index (χ3n) is 3.56. The van der Waals surface area contributed by atoms with Crippen molar-refractivity contribution in [3.63, 3.8) is 0 Å². The molecule has 5 heteroatoms. The number of nitrogens with one attached hydrogen (secondary N) is 1. The largest absolute Gasteiger partial charge is 0.378 e. The summed E-state index contributed by atoms with van der Waals surface area (Å²) in [4.78, 5) is 16.2. The van der Waals surface area contributed by atoms with E-state index in [4.69, 9.17) is 4.74 Å². The van der Waals surface area contributed by atoms with Crippen LogP contribution in [0.4, 0.5) is 4.79 Å². The summed E-state index contributed by atoms with van der Waals surface area (Å²) in [6, 6.07) is 0.203. The molecule has 0 aromatic carbocycles. The van der Waals surface area contributed by atoms with Crippen molar-refractivity contribution in [2.75, 3.05) is 53.0 Å². The van der Waals surface area contributed by atoms with Gasteiger partial charge < -0.3 is 19.9 Å². The number of hydrogen-bond acceptors (Lipinski definition) is 3. The number of carbonyl (C=O) groups excluding carboxylic acids is 1. The Bertz CT molecular complexity index is 252. The minimum Gasteiger partial charge on any atom is -0.378 e. The molecule has 98 valence electrons. The number of morpholine rings is 1. The first-order valence-electron chi connectivity index (χ1n) is 6.57. The van der Waals surface area contributed by atoms with Crippen LogP contribution in [-0.4, -0.2) is 68.8 Å². The lowest BCUT2D eigenvalue weighted by Gasteiger charge is -2.37. The van der Waals surface area contributed by atoms with Gasteiger partial charge in [0.05, 0.1) is 13.2 Å². The summed E-state index contributed by atoms with van der Waals surface area (Å²) >= 11 is 0. The van der Waals surface area contributed by atoms with Crippen LogP contribution in [0.2, 0.25) is 0 Å². The van der Waals surface area contributed by atoms with Gasteiger partial charge in [-0.3, -0.25) is 0 Å². The third kappa shape index (κ3) is 3.33. The van der Waals surface area contributed by atoms with Crippen molar-refractivity contribution in [2.24, 2.45) is 5.92 Å². The van der Waals surface area contributed by atoms with Crippen molar-refractivity contribution in [1.29, 1.82) is 0 Å². The Hall–Kier alpha value is -0.810. The van der Waals surface area contributed by atoms with Gasteiger partial charge in [-0.05, 0) is 32.4 Å². The van der Waals surface area contributed by atoms with Gasteiger partial charge in [0.1, 0.15) is 0 Å². The highest BCUT2D eigenvalue weighted by Crippen LogP contribution is 2.17. The number of rotatable bonds is 2. The first kappa shape index (κ1) is 12.6. The Morgan fingerprint density at radius 2 is 2.06 bits per heavy atom. The van der Waals surface area contributed by atoms with E-state index < -0.39 is 0 Å². The number of ether oxygens (including phenoxy) is 1. The lowest BCUT2D eigenvalue weighted by Crippen LogP contribution is -2.51. The molecule has 0 saturated carbocycles. The van der Waals surface area contributed by atoms with E-state index in [9.17, 15) is 4.79 Å². The Kier molecular flexibility index (Phi) is 4.62. The third-order valence-corrected chi connectivity index (χ3v) is 3.56. The molecule has 0 aromatic heterocycles.